The number of halogens is 3. The topological polar surface area (TPSA) is 87.5 Å². The minimum atomic E-state index is -0.536. The second-order valence-electron chi connectivity index (χ2n) is 8.47. The van der Waals surface area contributed by atoms with E-state index in [4.69, 9.17) is 34.8 Å². The van der Waals surface area contributed by atoms with Crippen LogP contribution in [-0.4, -0.2) is 32.8 Å². The maximum atomic E-state index is 13.2. The Bertz CT molecular complexity index is 1640. The number of nitrogens with one attached hydrogen (secondary N) is 1. The SMILES string of the molecule is Cc1[nH]n(-c2c(Cl)cc(Cl)cc2Cl)c(=O)c1C=NN1C(=O)c2ccc3c4c(ccc(c24)C1=O)CC3. The van der Waals surface area contributed by atoms with Crippen LogP contribution < -0.4 is 5.56 Å². The summed E-state index contributed by atoms with van der Waals surface area (Å²) in [6.07, 6.45) is 2.97. The molecule has 6 rings (SSSR count). The van der Waals surface area contributed by atoms with Crippen molar-refractivity contribution in [3.05, 3.63) is 95.3 Å². The van der Waals surface area contributed by atoms with Crippen molar-refractivity contribution in [2.75, 3.05) is 0 Å². The molecule has 1 aliphatic heterocycles. The molecule has 0 spiro atoms. The van der Waals surface area contributed by atoms with Gasteiger partial charge in [0.05, 0.1) is 33.0 Å². The van der Waals surface area contributed by atoms with Crippen molar-refractivity contribution >= 4 is 63.6 Å². The van der Waals surface area contributed by atoms with Crippen LogP contribution in [0.4, 0.5) is 0 Å². The van der Waals surface area contributed by atoms with Gasteiger partial charge < -0.3 is 0 Å². The summed E-state index contributed by atoms with van der Waals surface area (Å²) in [5.74, 6) is -1.07. The number of imide groups is 1. The van der Waals surface area contributed by atoms with E-state index in [9.17, 15) is 14.4 Å². The number of nitrogens with zero attached hydrogens (tertiary/aromatic N) is 3. The molecule has 1 N–H and O–H groups in total. The highest BCUT2D eigenvalue weighted by atomic mass is 35.5. The summed E-state index contributed by atoms with van der Waals surface area (Å²) >= 11 is 18.5. The van der Waals surface area contributed by atoms with Gasteiger partial charge in [-0.25, -0.2) is 4.68 Å². The van der Waals surface area contributed by atoms with Crippen molar-refractivity contribution in [2.24, 2.45) is 5.10 Å². The zero-order chi connectivity index (χ0) is 24.6. The molecule has 35 heavy (non-hydrogen) atoms. The van der Waals surface area contributed by atoms with Crippen LogP contribution in [0.15, 0.2) is 46.3 Å². The van der Waals surface area contributed by atoms with Gasteiger partial charge in [0.25, 0.3) is 17.4 Å². The van der Waals surface area contributed by atoms with E-state index >= 15 is 0 Å². The molecular weight excluding hydrogens is 511 g/mol. The molecule has 0 bridgehead atoms. The summed E-state index contributed by atoms with van der Waals surface area (Å²) < 4.78 is 1.17. The average molecular weight is 526 g/mol. The molecule has 7 nitrogen and oxygen atoms in total. The number of hydrazone groups is 1. The number of benzene rings is 3. The minimum absolute atomic E-state index is 0.146. The number of amides is 2. The van der Waals surface area contributed by atoms with E-state index in [1.807, 2.05) is 12.1 Å². The summed E-state index contributed by atoms with van der Waals surface area (Å²) in [5, 5.41) is 10.2. The molecule has 10 heteroatoms. The highest BCUT2D eigenvalue weighted by Crippen LogP contribution is 2.38. The molecule has 2 heterocycles. The van der Waals surface area contributed by atoms with Crippen LogP contribution >= 0.6 is 34.8 Å². The van der Waals surface area contributed by atoms with Gasteiger partial charge in [0.1, 0.15) is 5.69 Å². The molecule has 0 unspecified atom stereocenters. The van der Waals surface area contributed by atoms with Crippen LogP contribution in [0.25, 0.3) is 16.5 Å². The first-order valence-corrected chi connectivity index (χ1v) is 11.9. The van der Waals surface area contributed by atoms with Crippen LogP contribution in [0.1, 0.15) is 43.1 Å². The van der Waals surface area contributed by atoms with Crippen LogP contribution in [0, 0.1) is 6.92 Å². The zero-order valence-corrected chi connectivity index (χ0v) is 20.4. The lowest BCUT2D eigenvalue weighted by atomic mass is 9.92. The number of H-pyrrole nitrogens is 1. The number of aromatic amines is 1. The lowest BCUT2D eigenvalue weighted by molar-refractivity contribution is 0.0616. The molecule has 1 aromatic heterocycles. The van der Waals surface area contributed by atoms with Crippen molar-refractivity contribution in [3.8, 4) is 5.69 Å². The molecule has 0 radical (unpaired) electrons. The first-order valence-electron chi connectivity index (χ1n) is 10.7. The van der Waals surface area contributed by atoms with Crippen molar-refractivity contribution in [1.82, 2.24) is 14.8 Å². The normalized spacial score (nSPS) is 14.7. The Kier molecular flexibility index (Phi) is 4.93. The van der Waals surface area contributed by atoms with Crippen LogP contribution in [-0.2, 0) is 12.8 Å². The second-order valence-corrected chi connectivity index (χ2v) is 9.72. The van der Waals surface area contributed by atoms with Gasteiger partial charge in [0, 0.05) is 16.1 Å². The Hall–Kier alpha value is -3.39. The van der Waals surface area contributed by atoms with Crippen molar-refractivity contribution in [1.29, 1.82) is 0 Å². The molecule has 1 aliphatic carbocycles. The third-order valence-electron chi connectivity index (χ3n) is 6.47. The summed E-state index contributed by atoms with van der Waals surface area (Å²) in [4.78, 5) is 39.6. The molecule has 2 aliphatic rings. The summed E-state index contributed by atoms with van der Waals surface area (Å²) in [5.41, 5.74) is 3.43. The monoisotopic (exact) mass is 524 g/mol. The molecule has 0 fully saturated rings. The first-order chi connectivity index (χ1) is 16.8. The number of carbonyl (C=O) groups is 2. The fourth-order valence-corrected chi connectivity index (χ4v) is 5.83. The van der Waals surface area contributed by atoms with E-state index in [1.165, 1.54) is 23.0 Å². The van der Waals surface area contributed by atoms with Gasteiger partial charge in [-0.3, -0.25) is 19.5 Å². The van der Waals surface area contributed by atoms with Gasteiger partial charge in [-0.2, -0.15) is 10.1 Å². The Balaban J connectivity index is 1.42. The van der Waals surface area contributed by atoms with Crippen molar-refractivity contribution in [2.45, 2.75) is 19.8 Å². The fraction of sp³-hybridized carbons (Fsp3) is 0.120. The number of aryl methyl sites for hydroxylation is 3. The molecule has 0 saturated carbocycles. The van der Waals surface area contributed by atoms with E-state index in [-0.39, 0.29) is 21.3 Å². The van der Waals surface area contributed by atoms with Gasteiger partial charge in [0.2, 0.25) is 0 Å². The van der Waals surface area contributed by atoms with Gasteiger partial charge >= 0.3 is 0 Å². The van der Waals surface area contributed by atoms with Gasteiger partial charge in [-0.15, -0.1) is 0 Å². The molecular formula is C25H15Cl3N4O3. The second kappa shape index (κ2) is 7.81. The zero-order valence-electron chi connectivity index (χ0n) is 18.2. The predicted molar refractivity (Wildman–Crippen MR) is 136 cm³/mol. The number of aromatic nitrogens is 2. The van der Waals surface area contributed by atoms with Crippen molar-refractivity contribution < 1.29 is 9.59 Å². The number of hydrogen-bond acceptors (Lipinski definition) is 4. The standard InChI is InChI=1S/C25H15Cl3N4O3/c1-11-17(25(35)31(30-11)22-18(27)8-14(26)9-19(22)28)10-29-32-23(33)15-6-4-12-2-3-13-5-7-16(24(32)34)21(15)20(12)13/h4-10,30H,2-3H2,1H3. The Morgan fingerprint density at radius 1 is 0.886 bits per heavy atom. The Morgan fingerprint density at radius 3 is 2.03 bits per heavy atom. The Morgan fingerprint density at radius 2 is 1.46 bits per heavy atom. The molecule has 4 aromatic rings. The summed E-state index contributed by atoms with van der Waals surface area (Å²) in [6, 6.07) is 10.3. The fourth-order valence-electron chi connectivity index (χ4n) is 4.84. The number of hydrogen-bond donors (Lipinski definition) is 1. The van der Waals surface area contributed by atoms with Crippen molar-refractivity contribution in [3.63, 3.8) is 0 Å². The van der Waals surface area contributed by atoms with E-state index in [0.717, 1.165) is 34.4 Å². The largest absolute Gasteiger partial charge is 0.295 e. The van der Waals surface area contributed by atoms with Crippen LogP contribution in [0.2, 0.25) is 15.1 Å². The minimum Gasteiger partial charge on any atom is -0.295 e. The van der Waals surface area contributed by atoms with Gasteiger partial charge in [-0.05, 0) is 60.5 Å². The third kappa shape index (κ3) is 3.19. The maximum absolute atomic E-state index is 13.2. The molecule has 174 valence electrons. The van der Waals surface area contributed by atoms with E-state index in [0.29, 0.717) is 27.2 Å². The van der Waals surface area contributed by atoms with Crippen LogP contribution in [0.5, 0.6) is 0 Å². The van der Waals surface area contributed by atoms with Gasteiger partial charge in [-0.1, -0.05) is 46.9 Å². The van der Waals surface area contributed by atoms with E-state index < -0.39 is 17.4 Å². The molecule has 2 amide bonds. The summed E-state index contributed by atoms with van der Waals surface area (Å²) in [6.45, 7) is 1.66. The van der Waals surface area contributed by atoms with Gasteiger partial charge in [0.15, 0.2) is 0 Å². The summed E-state index contributed by atoms with van der Waals surface area (Å²) in [7, 11) is 0. The highest BCUT2D eigenvalue weighted by molar-refractivity contribution is 6.40. The lowest BCUT2D eigenvalue weighted by Gasteiger charge is -2.23. The highest BCUT2D eigenvalue weighted by Gasteiger charge is 2.35. The van der Waals surface area contributed by atoms with E-state index in [1.54, 1.807) is 19.1 Å². The molecule has 0 atom stereocenters. The number of rotatable bonds is 3. The average Bonchev–Trinajstić information content (AvgIpc) is 3.35. The third-order valence-corrected chi connectivity index (χ3v) is 7.26. The maximum Gasteiger partial charge on any atom is 0.282 e. The molecule has 0 saturated heterocycles. The molecule has 3 aromatic carbocycles. The van der Waals surface area contributed by atoms with E-state index in [2.05, 4.69) is 10.2 Å². The lowest BCUT2D eigenvalue weighted by Crippen LogP contribution is -2.36. The quantitative estimate of drug-likeness (QED) is 0.290. The smallest absolute Gasteiger partial charge is 0.282 e. The predicted octanol–water partition coefficient (Wildman–Crippen LogP) is 5.32. The number of carbonyl (C=O) groups excluding carboxylic acids is 2. The Labute approximate surface area is 213 Å². The van der Waals surface area contributed by atoms with Crippen LogP contribution in [0.3, 0.4) is 0 Å². The first kappa shape index (κ1) is 22.1.